The molecular formula is C20H29N5O2. The van der Waals surface area contributed by atoms with Crippen LogP contribution in [0, 0.1) is 0 Å². The van der Waals surface area contributed by atoms with E-state index in [1.54, 1.807) is 19.4 Å². The molecule has 0 amide bonds. The van der Waals surface area contributed by atoms with Gasteiger partial charge in [-0.2, -0.15) is 0 Å². The zero-order chi connectivity index (χ0) is 19.2. The van der Waals surface area contributed by atoms with Crippen LogP contribution >= 0.6 is 0 Å². The highest BCUT2D eigenvalue weighted by molar-refractivity contribution is 5.56. The van der Waals surface area contributed by atoms with Crippen LogP contribution < -0.4 is 10.5 Å². The Balaban J connectivity index is 1.72. The van der Waals surface area contributed by atoms with Gasteiger partial charge in [0, 0.05) is 62.9 Å². The van der Waals surface area contributed by atoms with Crippen molar-refractivity contribution in [3.05, 3.63) is 40.4 Å². The number of aromatic amines is 1. The van der Waals surface area contributed by atoms with Crippen molar-refractivity contribution in [3.63, 3.8) is 0 Å². The molecule has 3 rings (SSSR count). The molecule has 1 unspecified atom stereocenters. The summed E-state index contributed by atoms with van der Waals surface area (Å²) in [7, 11) is 1.75. The van der Waals surface area contributed by atoms with Gasteiger partial charge in [-0.25, -0.2) is 9.97 Å². The maximum absolute atomic E-state index is 11.8. The molecule has 0 bridgehead atoms. The van der Waals surface area contributed by atoms with E-state index in [4.69, 9.17) is 4.74 Å². The maximum Gasteiger partial charge on any atom is 0.251 e. The molecule has 7 heteroatoms. The number of hydrogen-bond acceptors (Lipinski definition) is 6. The zero-order valence-electron chi connectivity index (χ0n) is 16.4. The Bertz CT molecular complexity index is 790. The first kappa shape index (κ1) is 19.5. The number of ether oxygens (including phenoxy) is 1. The van der Waals surface area contributed by atoms with Crippen molar-refractivity contribution in [3.8, 4) is 11.4 Å². The second-order valence-electron chi connectivity index (χ2n) is 6.88. The Morgan fingerprint density at radius 2 is 2.15 bits per heavy atom. The summed E-state index contributed by atoms with van der Waals surface area (Å²) < 4.78 is 5.23. The van der Waals surface area contributed by atoms with Gasteiger partial charge in [0.15, 0.2) is 0 Å². The SMILES string of the molecule is CCc1cc(=O)[nH]c(-c2ccc(N3CCN(CCOC)C(CC)C3)nc2)n1. The number of methoxy groups -OCH3 is 1. The van der Waals surface area contributed by atoms with Gasteiger partial charge in [0.2, 0.25) is 0 Å². The Morgan fingerprint density at radius 1 is 1.30 bits per heavy atom. The summed E-state index contributed by atoms with van der Waals surface area (Å²) in [5, 5.41) is 0. The van der Waals surface area contributed by atoms with Gasteiger partial charge < -0.3 is 14.6 Å². The second kappa shape index (κ2) is 9.10. The van der Waals surface area contributed by atoms with Gasteiger partial charge in [0.05, 0.1) is 6.61 Å². The number of aryl methyl sites for hydroxylation is 1. The second-order valence-corrected chi connectivity index (χ2v) is 6.88. The summed E-state index contributed by atoms with van der Waals surface area (Å²) in [6, 6.07) is 6.05. The Kier molecular flexibility index (Phi) is 6.58. The number of aromatic nitrogens is 3. The molecule has 2 aromatic rings. The molecular weight excluding hydrogens is 342 g/mol. The van der Waals surface area contributed by atoms with E-state index in [0.29, 0.717) is 11.9 Å². The molecule has 7 nitrogen and oxygen atoms in total. The first-order valence-electron chi connectivity index (χ1n) is 9.69. The zero-order valence-corrected chi connectivity index (χ0v) is 16.4. The lowest BCUT2D eigenvalue weighted by atomic mass is 10.1. The van der Waals surface area contributed by atoms with E-state index in [9.17, 15) is 4.79 Å². The number of nitrogens with one attached hydrogen (secondary N) is 1. The van der Waals surface area contributed by atoms with Crippen LogP contribution in [0.4, 0.5) is 5.82 Å². The average Bonchev–Trinajstić information content (AvgIpc) is 2.71. The Labute approximate surface area is 160 Å². The standard InChI is InChI=1S/C20H29N5O2/c1-4-16-12-19(26)23-20(22-16)15-6-7-18(21-13-15)25-9-8-24(10-11-27-3)17(5-2)14-25/h6-7,12-13,17H,4-5,8-11,14H2,1-3H3,(H,22,23,26). The predicted octanol–water partition coefficient (Wildman–Crippen LogP) is 1.94. The van der Waals surface area contributed by atoms with E-state index in [2.05, 4.69) is 31.7 Å². The van der Waals surface area contributed by atoms with Crippen LogP contribution in [0.25, 0.3) is 11.4 Å². The van der Waals surface area contributed by atoms with Gasteiger partial charge in [-0.15, -0.1) is 0 Å². The van der Waals surface area contributed by atoms with Crippen molar-refractivity contribution in [2.24, 2.45) is 0 Å². The minimum atomic E-state index is -0.126. The summed E-state index contributed by atoms with van der Waals surface area (Å²) in [5.74, 6) is 1.55. The highest BCUT2D eigenvalue weighted by Gasteiger charge is 2.26. The van der Waals surface area contributed by atoms with Crippen LogP contribution in [0.1, 0.15) is 26.0 Å². The van der Waals surface area contributed by atoms with E-state index in [1.807, 2.05) is 19.1 Å². The quantitative estimate of drug-likeness (QED) is 0.802. The monoisotopic (exact) mass is 371 g/mol. The number of hydrogen-bond donors (Lipinski definition) is 1. The third-order valence-electron chi connectivity index (χ3n) is 5.16. The number of piperazine rings is 1. The molecule has 3 heterocycles. The van der Waals surface area contributed by atoms with Crippen molar-refractivity contribution in [2.45, 2.75) is 32.7 Å². The lowest BCUT2D eigenvalue weighted by Crippen LogP contribution is -2.54. The first-order valence-corrected chi connectivity index (χ1v) is 9.69. The summed E-state index contributed by atoms with van der Waals surface area (Å²) in [5.41, 5.74) is 1.49. The van der Waals surface area contributed by atoms with Crippen molar-refractivity contribution in [2.75, 3.05) is 44.8 Å². The molecule has 1 saturated heterocycles. The van der Waals surface area contributed by atoms with Crippen LogP contribution in [0.5, 0.6) is 0 Å². The maximum atomic E-state index is 11.8. The summed E-state index contributed by atoms with van der Waals surface area (Å²) in [4.78, 5) is 28.6. The number of nitrogens with zero attached hydrogens (tertiary/aromatic N) is 4. The van der Waals surface area contributed by atoms with Crippen molar-refractivity contribution < 1.29 is 4.74 Å². The molecule has 0 aromatic carbocycles. The molecule has 1 aliphatic rings. The normalized spacial score (nSPS) is 18.0. The molecule has 0 aliphatic carbocycles. The van der Waals surface area contributed by atoms with E-state index >= 15 is 0 Å². The molecule has 0 saturated carbocycles. The average molecular weight is 371 g/mol. The van der Waals surface area contributed by atoms with Crippen LogP contribution in [0.3, 0.4) is 0 Å². The number of H-pyrrole nitrogens is 1. The highest BCUT2D eigenvalue weighted by atomic mass is 16.5. The predicted molar refractivity (Wildman–Crippen MR) is 107 cm³/mol. The van der Waals surface area contributed by atoms with Crippen LogP contribution in [0.2, 0.25) is 0 Å². The highest BCUT2D eigenvalue weighted by Crippen LogP contribution is 2.21. The Morgan fingerprint density at radius 3 is 2.81 bits per heavy atom. The van der Waals surface area contributed by atoms with Crippen molar-refractivity contribution in [1.29, 1.82) is 0 Å². The number of rotatable bonds is 7. The Hall–Kier alpha value is -2.25. The van der Waals surface area contributed by atoms with Gasteiger partial charge >= 0.3 is 0 Å². The summed E-state index contributed by atoms with van der Waals surface area (Å²) in [6.07, 6.45) is 3.63. The van der Waals surface area contributed by atoms with Gasteiger partial charge in [-0.05, 0) is 25.0 Å². The molecule has 1 fully saturated rings. The number of pyridine rings is 1. The van der Waals surface area contributed by atoms with Crippen LogP contribution in [0.15, 0.2) is 29.2 Å². The third kappa shape index (κ3) is 4.73. The van der Waals surface area contributed by atoms with Gasteiger partial charge in [0.1, 0.15) is 11.6 Å². The molecule has 1 atom stereocenters. The lowest BCUT2D eigenvalue weighted by molar-refractivity contribution is 0.109. The summed E-state index contributed by atoms with van der Waals surface area (Å²) in [6.45, 7) is 8.89. The first-order chi connectivity index (χ1) is 13.1. The fourth-order valence-corrected chi connectivity index (χ4v) is 3.53. The fraction of sp³-hybridized carbons (Fsp3) is 0.550. The summed E-state index contributed by atoms with van der Waals surface area (Å²) >= 11 is 0. The van der Waals surface area contributed by atoms with E-state index in [1.165, 1.54) is 0 Å². The van der Waals surface area contributed by atoms with E-state index < -0.39 is 0 Å². The topological polar surface area (TPSA) is 74.4 Å². The molecule has 0 radical (unpaired) electrons. The van der Waals surface area contributed by atoms with Gasteiger partial charge in [-0.3, -0.25) is 9.69 Å². The van der Waals surface area contributed by atoms with Gasteiger partial charge in [-0.1, -0.05) is 13.8 Å². The third-order valence-corrected chi connectivity index (χ3v) is 5.16. The van der Waals surface area contributed by atoms with E-state index in [-0.39, 0.29) is 5.56 Å². The largest absolute Gasteiger partial charge is 0.383 e. The smallest absolute Gasteiger partial charge is 0.251 e. The molecule has 0 spiro atoms. The van der Waals surface area contributed by atoms with Crippen molar-refractivity contribution in [1.82, 2.24) is 19.9 Å². The minimum absolute atomic E-state index is 0.126. The van der Waals surface area contributed by atoms with E-state index in [0.717, 1.165) is 62.7 Å². The molecule has 1 N–H and O–H groups in total. The number of anilines is 1. The van der Waals surface area contributed by atoms with Crippen molar-refractivity contribution >= 4 is 5.82 Å². The molecule has 27 heavy (non-hydrogen) atoms. The lowest BCUT2D eigenvalue weighted by Gasteiger charge is -2.41. The van der Waals surface area contributed by atoms with Crippen LogP contribution in [-0.2, 0) is 11.2 Å². The van der Waals surface area contributed by atoms with Gasteiger partial charge in [0.25, 0.3) is 5.56 Å². The fourth-order valence-electron chi connectivity index (χ4n) is 3.53. The van der Waals surface area contributed by atoms with Crippen LogP contribution in [-0.4, -0.2) is 65.8 Å². The molecule has 146 valence electrons. The minimum Gasteiger partial charge on any atom is -0.383 e. The molecule has 2 aromatic heterocycles. The molecule has 1 aliphatic heterocycles.